The van der Waals surface area contributed by atoms with Crippen molar-refractivity contribution < 1.29 is 31.5 Å². The Morgan fingerprint density at radius 1 is 1.46 bits per heavy atom. The lowest BCUT2D eigenvalue weighted by molar-refractivity contribution is -0.217. The predicted molar refractivity (Wildman–Crippen MR) is 79.7 cm³/mol. The highest BCUT2D eigenvalue weighted by Crippen LogP contribution is 2.47. The molecular weight excluding hydrogens is 353 g/mol. The molecule has 1 aliphatic heterocycles. The minimum absolute atomic E-state index is 0.0522. The molecule has 0 saturated carbocycles. The molecule has 0 bridgehead atoms. The first-order valence-electron chi connectivity index (χ1n) is 7.56. The van der Waals surface area contributed by atoms with Crippen LogP contribution in [0.3, 0.4) is 0 Å². The number of likely N-dealkylation sites (tertiary alicyclic amines) is 1. The molecule has 1 aromatic rings. The Morgan fingerprint density at radius 3 is 2.67 bits per heavy atom. The van der Waals surface area contributed by atoms with Gasteiger partial charge < -0.3 is 9.64 Å². The molecule has 0 spiro atoms. The van der Waals surface area contributed by atoms with Crippen molar-refractivity contribution in [3.63, 3.8) is 0 Å². The minimum atomic E-state index is -4.58. The van der Waals surface area contributed by atoms with Crippen LogP contribution >= 0.6 is 11.3 Å². The molecule has 0 aliphatic carbocycles. The van der Waals surface area contributed by atoms with E-state index in [-0.39, 0.29) is 42.9 Å². The molecule has 1 amide bonds. The molecule has 1 saturated heterocycles. The van der Waals surface area contributed by atoms with Gasteiger partial charge in [0.2, 0.25) is 0 Å². The maximum absolute atomic E-state index is 13.7. The summed E-state index contributed by atoms with van der Waals surface area (Å²) in [4.78, 5) is 13.8. The fourth-order valence-electron chi connectivity index (χ4n) is 3.23. The topological polar surface area (TPSA) is 29.5 Å². The zero-order valence-corrected chi connectivity index (χ0v) is 14.1. The molecular formula is C15H18F5NO2S. The third kappa shape index (κ3) is 3.36. The summed E-state index contributed by atoms with van der Waals surface area (Å²) in [6.45, 7) is -0.00200. The van der Waals surface area contributed by atoms with Crippen molar-refractivity contribution in [3.8, 4) is 5.75 Å². The third-order valence-electron chi connectivity index (χ3n) is 4.16. The molecule has 1 aliphatic rings. The average molecular weight is 371 g/mol. The van der Waals surface area contributed by atoms with Crippen LogP contribution in [0.25, 0.3) is 0 Å². The summed E-state index contributed by atoms with van der Waals surface area (Å²) < 4.78 is 70.4. The number of carbonyl (C=O) groups excluding carboxylic acids is 1. The summed E-state index contributed by atoms with van der Waals surface area (Å²) in [5, 5.41) is 0. The van der Waals surface area contributed by atoms with Crippen LogP contribution in [0, 0.1) is 6.92 Å². The van der Waals surface area contributed by atoms with Crippen LogP contribution in [-0.2, 0) is 0 Å². The molecule has 9 heteroatoms. The van der Waals surface area contributed by atoms with Gasteiger partial charge in [0.05, 0.1) is 0 Å². The zero-order valence-electron chi connectivity index (χ0n) is 13.3. The van der Waals surface area contributed by atoms with Crippen molar-refractivity contribution in [2.24, 2.45) is 0 Å². The van der Waals surface area contributed by atoms with Crippen molar-refractivity contribution in [1.29, 1.82) is 0 Å². The summed E-state index contributed by atoms with van der Waals surface area (Å²) in [5.41, 5.74) is -2.24. The molecule has 136 valence electrons. The van der Waals surface area contributed by atoms with Crippen molar-refractivity contribution in [1.82, 2.24) is 4.90 Å². The van der Waals surface area contributed by atoms with E-state index in [0.717, 1.165) is 16.2 Å². The monoisotopic (exact) mass is 371 g/mol. The Balaban J connectivity index is 2.41. The number of halogens is 5. The molecule has 2 rings (SSSR count). The van der Waals surface area contributed by atoms with E-state index in [1.54, 1.807) is 13.8 Å². The van der Waals surface area contributed by atoms with Gasteiger partial charge in [0.15, 0.2) is 0 Å². The second kappa shape index (κ2) is 6.85. The molecule has 0 aromatic carbocycles. The van der Waals surface area contributed by atoms with Gasteiger partial charge in [-0.05, 0) is 32.3 Å². The predicted octanol–water partition coefficient (Wildman–Crippen LogP) is 5.00. The second-order valence-corrected chi connectivity index (χ2v) is 7.02. The maximum atomic E-state index is 13.7. The molecule has 1 aromatic heterocycles. The number of aryl methyl sites for hydroxylation is 1. The van der Waals surface area contributed by atoms with Gasteiger partial charge in [-0.25, -0.2) is 0 Å². The lowest BCUT2D eigenvalue weighted by Gasteiger charge is -2.40. The number of amides is 1. The van der Waals surface area contributed by atoms with Crippen LogP contribution in [0.5, 0.6) is 5.75 Å². The SMILES string of the molecule is CCCC1(C(F)(F)F)CCCN1C(=O)c1sc(C)cc1OC(F)F. The number of rotatable bonds is 5. The van der Waals surface area contributed by atoms with E-state index in [4.69, 9.17) is 0 Å². The fraction of sp³-hybridized carbons (Fsp3) is 0.667. The van der Waals surface area contributed by atoms with Crippen molar-refractivity contribution in [3.05, 3.63) is 15.8 Å². The summed E-state index contributed by atoms with van der Waals surface area (Å²) in [7, 11) is 0. The van der Waals surface area contributed by atoms with Crippen LogP contribution in [0.4, 0.5) is 22.0 Å². The molecule has 0 radical (unpaired) electrons. The summed E-state index contributed by atoms with van der Waals surface area (Å²) in [6, 6.07) is 1.25. The number of carbonyl (C=O) groups is 1. The highest BCUT2D eigenvalue weighted by Gasteiger charge is 2.61. The average Bonchev–Trinajstić information content (AvgIpc) is 3.02. The quantitative estimate of drug-likeness (QED) is 0.682. The first kappa shape index (κ1) is 19.0. The fourth-order valence-corrected chi connectivity index (χ4v) is 4.12. The third-order valence-corrected chi connectivity index (χ3v) is 5.18. The standard InChI is InChI=1S/C15H18F5NO2S/c1-3-5-14(15(18,19)20)6-4-7-21(14)12(22)11-10(23-13(16)17)8-9(2)24-11/h8,13H,3-7H2,1-2H3. The van der Waals surface area contributed by atoms with Gasteiger partial charge in [-0.2, -0.15) is 22.0 Å². The van der Waals surface area contributed by atoms with E-state index in [0.29, 0.717) is 4.88 Å². The summed E-state index contributed by atoms with van der Waals surface area (Å²) in [5.74, 6) is -1.26. The zero-order chi connectivity index (χ0) is 18.1. The number of thiophene rings is 1. The van der Waals surface area contributed by atoms with E-state index in [9.17, 15) is 26.7 Å². The summed E-state index contributed by atoms with van der Waals surface area (Å²) >= 11 is 0.864. The van der Waals surface area contributed by atoms with Gasteiger partial charge in [0, 0.05) is 11.4 Å². The molecule has 1 fully saturated rings. The number of hydrogen-bond donors (Lipinski definition) is 0. The highest BCUT2D eigenvalue weighted by molar-refractivity contribution is 7.14. The smallest absolute Gasteiger partial charge is 0.411 e. The molecule has 0 N–H and O–H groups in total. The molecule has 2 heterocycles. The van der Waals surface area contributed by atoms with Crippen LogP contribution in [0.15, 0.2) is 6.07 Å². The Labute approximate surface area is 140 Å². The van der Waals surface area contributed by atoms with Crippen molar-refractivity contribution >= 4 is 17.2 Å². The van der Waals surface area contributed by atoms with Crippen molar-refractivity contribution in [2.75, 3.05) is 6.54 Å². The lowest BCUT2D eigenvalue weighted by Crippen LogP contribution is -2.57. The van der Waals surface area contributed by atoms with E-state index < -0.39 is 24.2 Å². The van der Waals surface area contributed by atoms with Gasteiger partial charge in [0.25, 0.3) is 5.91 Å². The van der Waals surface area contributed by atoms with E-state index >= 15 is 0 Å². The maximum Gasteiger partial charge on any atom is 0.411 e. The van der Waals surface area contributed by atoms with Gasteiger partial charge in [-0.3, -0.25) is 4.79 Å². The number of alkyl halides is 5. The Bertz CT molecular complexity index is 601. The van der Waals surface area contributed by atoms with Crippen LogP contribution in [0.2, 0.25) is 0 Å². The number of nitrogens with zero attached hydrogens (tertiary/aromatic N) is 1. The molecule has 1 unspecified atom stereocenters. The molecule has 3 nitrogen and oxygen atoms in total. The Morgan fingerprint density at radius 2 is 2.12 bits per heavy atom. The molecule has 24 heavy (non-hydrogen) atoms. The summed E-state index contributed by atoms with van der Waals surface area (Å²) in [6.07, 6.45) is -4.48. The molecule has 1 atom stereocenters. The van der Waals surface area contributed by atoms with Gasteiger partial charge in [0.1, 0.15) is 16.2 Å². The van der Waals surface area contributed by atoms with Gasteiger partial charge >= 0.3 is 12.8 Å². The van der Waals surface area contributed by atoms with E-state index in [1.165, 1.54) is 6.07 Å². The largest absolute Gasteiger partial charge is 0.433 e. The minimum Gasteiger partial charge on any atom is -0.433 e. The van der Waals surface area contributed by atoms with Gasteiger partial charge in [-0.1, -0.05) is 13.3 Å². The van der Waals surface area contributed by atoms with E-state index in [1.807, 2.05) is 0 Å². The van der Waals surface area contributed by atoms with Crippen molar-refractivity contribution in [2.45, 2.75) is 57.9 Å². The number of hydrogen-bond acceptors (Lipinski definition) is 3. The normalized spacial score (nSPS) is 21.6. The van der Waals surface area contributed by atoms with Crippen LogP contribution in [-0.4, -0.2) is 35.7 Å². The van der Waals surface area contributed by atoms with E-state index in [2.05, 4.69) is 4.74 Å². The second-order valence-electron chi connectivity index (χ2n) is 5.77. The Kier molecular flexibility index (Phi) is 5.41. The number of ether oxygens (including phenoxy) is 1. The van der Waals surface area contributed by atoms with Crippen LogP contribution < -0.4 is 4.74 Å². The first-order valence-corrected chi connectivity index (χ1v) is 8.38. The highest BCUT2D eigenvalue weighted by atomic mass is 32.1. The van der Waals surface area contributed by atoms with Gasteiger partial charge in [-0.15, -0.1) is 11.3 Å². The Hall–Kier alpha value is -1.38. The van der Waals surface area contributed by atoms with Crippen LogP contribution in [0.1, 0.15) is 47.2 Å². The lowest BCUT2D eigenvalue weighted by atomic mass is 9.89. The first-order chi connectivity index (χ1) is 11.1.